The van der Waals surface area contributed by atoms with Crippen molar-refractivity contribution in [3.05, 3.63) is 25.5 Å². The number of nitrogens with zero attached hydrogens (tertiary/aromatic N) is 1. The van der Waals surface area contributed by atoms with Crippen molar-refractivity contribution in [1.82, 2.24) is 0 Å². The van der Waals surface area contributed by atoms with Crippen LogP contribution >= 0.6 is 33.9 Å². The van der Waals surface area contributed by atoms with Crippen LogP contribution in [0, 0.1) is 14.2 Å². The molecule has 0 fully saturated rings. The van der Waals surface area contributed by atoms with Gasteiger partial charge >= 0.3 is 0 Å². The minimum Gasteiger partial charge on any atom is -0.397 e. The maximum Gasteiger partial charge on any atom is 0.0965 e. The van der Waals surface area contributed by atoms with Crippen LogP contribution in [0.4, 0.5) is 0 Å². The van der Waals surface area contributed by atoms with E-state index in [-0.39, 0.29) is 0 Å². The molecule has 12 heavy (non-hydrogen) atoms. The summed E-state index contributed by atoms with van der Waals surface area (Å²) in [7, 11) is 0. The summed E-state index contributed by atoms with van der Waals surface area (Å²) in [6.45, 7) is 1.72. The van der Waals surface area contributed by atoms with Gasteiger partial charge in [0.25, 0.3) is 0 Å². The van der Waals surface area contributed by atoms with E-state index in [1.807, 2.05) is 17.5 Å². The van der Waals surface area contributed by atoms with E-state index in [4.69, 9.17) is 11.0 Å². The van der Waals surface area contributed by atoms with Gasteiger partial charge in [-0.25, -0.2) is 0 Å². The van der Waals surface area contributed by atoms with Crippen molar-refractivity contribution < 1.29 is 0 Å². The second kappa shape index (κ2) is 3.92. The van der Waals surface area contributed by atoms with Gasteiger partial charge in [0, 0.05) is 16.5 Å². The third-order valence-electron chi connectivity index (χ3n) is 1.45. The van der Waals surface area contributed by atoms with Crippen LogP contribution in [0.5, 0.6) is 0 Å². The first-order valence-electron chi connectivity index (χ1n) is 3.26. The van der Waals surface area contributed by atoms with Crippen LogP contribution in [0.1, 0.15) is 12.5 Å². The van der Waals surface area contributed by atoms with Crippen LogP contribution in [0.25, 0.3) is 5.70 Å². The Morgan fingerprint density at radius 3 is 2.83 bits per heavy atom. The number of thiophene rings is 1. The second-order valence-corrected chi connectivity index (χ2v) is 5.10. The summed E-state index contributed by atoms with van der Waals surface area (Å²) in [4.78, 5) is 0. The highest BCUT2D eigenvalue weighted by molar-refractivity contribution is 14.1. The van der Waals surface area contributed by atoms with Crippen molar-refractivity contribution in [1.29, 1.82) is 5.26 Å². The molecule has 2 N–H and O–H groups in total. The predicted octanol–water partition coefficient (Wildman–Crippen LogP) is 2.57. The molecule has 0 bridgehead atoms. The van der Waals surface area contributed by atoms with E-state index in [2.05, 4.69) is 22.6 Å². The van der Waals surface area contributed by atoms with Gasteiger partial charge in [0.15, 0.2) is 0 Å². The van der Waals surface area contributed by atoms with Crippen LogP contribution in [-0.2, 0) is 0 Å². The average molecular weight is 290 g/mol. The number of nitrogens with two attached hydrogens (primary N) is 1. The smallest absolute Gasteiger partial charge is 0.0965 e. The monoisotopic (exact) mass is 290 g/mol. The van der Waals surface area contributed by atoms with Crippen molar-refractivity contribution in [3.63, 3.8) is 0 Å². The second-order valence-electron chi connectivity index (χ2n) is 2.29. The number of nitriles is 1. The van der Waals surface area contributed by atoms with Crippen LogP contribution in [0.15, 0.2) is 17.0 Å². The molecule has 0 amide bonds. The molecule has 0 aliphatic heterocycles. The first-order chi connectivity index (χ1) is 5.65. The van der Waals surface area contributed by atoms with Crippen LogP contribution in [-0.4, -0.2) is 0 Å². The molecular weight excluding hydrogens is 283 g/mol. The fourth-order valence-electron chi connectivity index (χ4n) is 0.728. The van der Waals surface area contributed by atoms with Crippen LogP contribution in [0.2, 0.25) is 0 Å². The summed E-state index contributed by atoms with van der Waals surface area (Å²) in [6.07, 6.45) is 0. The molecule has 0 aliphatic rings. The zero-order valence-corrected chi connectivity index (χ0v) is 9.44. The first-order valence-corrected chi connectivity index (χ1v) is 5.22. The molecule has 0 spiro atoms. The van der Waals surface area contributed by atoms with Gasteiger partial charge in [0.1, 0.15) is 0 Å². The van der Waals surface area contributed by atoms with Gasteiger partial charge in [-0.05, 0) is 35.6 Å². The van der Waals surface area contributed by atoms with Gasteiger partial charge in [-0.3, -0.25) is 0 Å². The molecule has 1 aromatic rings. The van der Waals surface area contributed by atoms with E-state index in [0.717, 1.165) is 5.56 Å². The largest absolute Gasteiger partial charge is 0.397 e. The summed E-state index contributed by atoms with van der Waals surface area (Å²) in [5.74, 6) is 0. The Morgan fingerprint density at radius 1 is 1.75 bits per heavy atom. The zero-order chi connectivity index (χ0) is 9.14. The lowest BCUT2D eigenvalue weighted by molar-refractivity contribution is 1.40. The summed E-state index contributed by atoms with van der Waals surface area (Å²) >= 11 is 3.85. The summed E-state index contributed by atoms with van der Waals surface area (Å²) in [6, 6.07) is 4.00. The third-order valence-corrected chi connectivity index (χ3v) is 3.24. The van der Waals surface area contributed by atoms with Crippen molar-refractivity contribution in [3.8, 4) is 6.07 Å². The SMILES string of the molecule is CC(C#N)=C(N)c1csc(I)c1. The van der Waals surface area contributed by atoms with E-state index >= 15 is 0 Å². The molecule has 0 radical (unpaired) electrons. The van der Waals surface area contributed by atoms with Gasteiger partial charge in [0.2, 0.25) is 0 Å². The molecule has 0 aromatic carbocycles. The Balaban J connectivity index is 3.09. The molecule has 0 unspecified atom stereocenters. The minimum absolute atomic E-state index is 0.573. The van der Waals surface area contributed by atoms with Gasteiger partial charge in [0.05, 0.1) is 14.7 Å². The number of hydrogen-bond acceptors (Lipinski definition) is 3. The van der Waals surface area contributed by atoms with Crippen molar-refractivity contribution in [2.75, 3.05) is 0 Å². The standard InChI is InChI=1S/C8H7IN2S/c1-5(3-10)8(11)6-2-7(9)12-4-6/h2,4H,11H2,1H3. The Bertz CT molecular complexity index is 359. The zero-order valence-electron chi connectivity index (χ0n) is 6.47. The lowest BCUT2D eigenvalue weighted by Gasteiger charge is -1.96. The average Bonchev–Trinajstić information content (AvgIpc) is 2.49. The summed E-state index contributed by atoms with van der Waals surface area (Å²) < 4.78 is 1.18. The maximum absolute atomic E-state index is 8.59. The molecule has 1 heterocycles. The number of rotatable bonds is 1. The van der Waals surface area contributed by atoms with Crippen LogP contribution in [0.3, 0.4) is 0 Å². The van der Waals surface area contributed by atoms with Crippen molar-refractivity contribution in [2.24, 2.45) is 5.73 Å². The van der Waals surface area contributed by atoms with Crippen molar-refractivity contribution in [2.45, 2.75) is 6.92 Å². The number of allylic oxidation sites excluding steroid dienone is 1. The topological polar surface area (TPSA) is 49.8 Å². The van der Waals surface area contributed by atoms with Gasteiger partial charge < -0.3 is 5.73 Å². The summed E-state index contributed by atoms with van der Waals surface area (Å²) in [5, 5.41) is 10.5. The molecule has 4 heteroatoms. The maximum atomic E-state index is 8.59. The molecule has 0 aliphatic carbocycles. The van der Waals surface area contributed by atoms with E-state index < -0.39 is 0 Å². The fourth-order valence-corrected chi connectivity index (χ4v) is 2.07. The van der Waals surface area contributed by atoms with E-state index in [0.29, 0.717) is 11.3 Å². The molecule has 0 saturated heterocycles. The quantitative estimate of drug-likeness (QED) is 0.638. The number of hydrogen-bond donors (Lipinski definition) is 1. The van der Waals surface area contributed by atoms with Gasteiger partial charge in [-0.2, -0.15) is 5.26 Å². The third kappa shape index (κ3) is 1.99. The van der Waals surface area contributed by atoms with Gasteiger partial charge in [-0.1, -0.05) is 0 Å². The Kier molecular flexibility index (Phi) is 3.12. The molecule has 2 nitrogen and oxygen atoms in total. The van der Waals surface area contributed by atoms with Gasteiger partial charge in [-0.15, -0.1) is 11.3 Å². The Morgan fingerprint density at radius 2 is 2.42 bits per heavy atom. The molecule has 62 valence electrons. The highest BCUT2D eigenvalue weighted by Gasteiger charge is 2.02. The Hall–Kier alpha value is -0.540. The molecule has 1 rings (SSSR count). The molecular formula is C8H7IN2S. The lowest BCUT2D eigenvalue weighted by Crippen LogP contribution is -1.97. The normalized spacial score (nSPS) is 12.1. The van der Waals surface area contributed by atoms with E-state index in [1.54, 1.807) is 18.3 Å². The van der Waals surface area contributed by atoms with Crippen molar-refractivity contribution >= 4 is 39.6 Å². The molecule has 1 aromatic heterocycles. The minimum atomic E-state index is 0.573. The Labute approximate surface area is 88.8 Å². The highest BCUT2D eigenvalue weighted by Crippen LogP contribution is 2.21. The first kappa shape index (κ1) is 9.55. The predicted molar refractivity (Wildman–Crippen MR) is 59.4 cm³/mol. The molecule has 0 saturated carbocycles. The molecule has 0 atom stereocenters. The highest BCUT2D eigenvalue weighted by atomic mass is 127. The van der Waals surface area contributed by atoms with E-state index in [9.17, 15) is 0 Å². The number of halogens is 1. The lowest BCUT2D eigenvalue weighted by atomic mass is 10.2. The van der Waals surface area contributed by atoms with Crippen LogP contribution < -0.4 is 5.73 Å². The fraction of sp³-hybridized carbons (Fsp3) is 0.125. The summed E-state index contributed by atoms with van der Waals surface area (Å²) in [5.41, 5.74) is 7.82. The van der Waals surface area contributed by atoms with E-state index in [1.165, 1.54) is 2.88 Å².